The summed E-state index contributed by atoms with van der Waals surface area (Å²) in [5.41, 5.74) is 1.03. The summed E-state index contributed by atoms with van der Waals surface area (Å²) in [4.78, 5) is 13.1. The van der Waals surface area contributed by atoms with Gasteiger partial charge in [0.15, 0.2) is 0 Å². The average molecular weight is 309 g/mol. The fraction of sp³-hybridized carbons (Fsp3) is 0.688. The third-order valence-corrected chi connectivity index (χ3v) is 5.06. The zero-order chi connectivity index (χ0) is 15.6. The first kappa shape index (κ1) is 15.5. The molecule has 0 radical (unpaired) electrons. The number of furan rings is 1. The van der Waals surface area contributed by atoms with E-state index in [1.165, 1.54) is 0 Å². The Morgan fingerprint density at radius 1 is 1.55 bits per heavy atom. The Balaban J connectivity index is 1.68. The van der Waals surface area contributed by atoms with Crippen LogP contribution in [0.5, 0.6) is 0 Å². The highest BCUT2D eigenvalue weighted by Crippen LogP contribution is 2.43. The van der Waals surface area contributed by atoms with Gasteiger partial charge in [-0.25, -0.2) is 4.79 Å². The Morgan fingerprint density at radius 2 is 2.41 bits per heavy atom. The number of nitrogens with zero attached hydrogens (tertiary/aromatic N) is 1. The van der Waals surface area contributed by atoms with E-state index in [4.69, 9.17) is 19.0 Å². The van der Waals surface area contributed by atoms with Crippen LogP contribution in [-0.4, -0.2) is 54.0 Å². The van der Waals surface area contributed by atoms with E-state index < -0.39 is 5.97 Å². The van der Waals surface area contributed by atoms with Crippen LogP contribution in [0.4, 0.5) is 0 Å². The van der Waals surface area contributed by atoms with Gasteiger partial charge in [-0.05, 0) is 31.7 Å². The van der Waals surface area contributed by atoms with Crippen molar-refractivity contribution in [3.63, 3.8) is 0 Å². The smallest absolute Gasteiger partial charge is 0.329 e. The summed E-state index contributed by atoms with van der Waals surface area (Å²) in [6.45, 7) is 1.59. The predicted molar refractivity (Wildman–Crippen MR) is 78.5 cm³/mol. The lowest BCUT2D eigenvalue weighted by molar-refractivity contribution is -0.148. The molecule has 0 unspecified atom stereocenters. The lowest BCUT2D eigenvalue weighted by atomic mass is 9.79. The van der Waals surface area contributed by atoms with Crippen LogP contribution in [0.25, 0.3) is 0 Å². The number of methoxy groups -OCH3 is 1. The van der Waals surface area contributed by atoms with E-state index in [2.05, 4.69) is 4.90 Å². The first-order chi connectivity index (χ1) is 10.6. The van der Waals surface area contributed by atoms with Gasteiger partial charge >= 0.3 is 5.97 Å². The second-order valence-corrected chi connectivity index (χ2v) is 6.24. The summed E-state index contributed by atoms with van der Waals surface area (Å²) >= 11 is 0. The van der Waals surface area contributed by atoms with E-state index in [-0.39, 0.29) is 24.4 Å². The van der Waals surface area contributed by atoms with Gasteiger partial charge in [0, 0.05) is 31.8 Å². The van der Waals surface area contributed by atoms with Crippen LogP contribution >= 0.6 is 0 Å². The number of carboxylic acids is 1. The summed E-state index contributed by atoms with van der Waals surface area (Å²) in [6, 6.07) is 2.24. The molecular formula is C16H23NO5. The van der Waals surface area contributed by atoms with Gasteiger partial charge in [0.1, 0.15) is 6.61 Å². The van der Waals surface area contributed by atoms with Crippen LogP contribution in [0.15, 0.2) is 23.0 Å². The number of likely N-dealkylation sites (tertiary alicyclic amines) is 1. The zero-order valence-corrected chi connectivity index (χ0v) is 12.9. The molecule has 1 saturated carbocycles. The van der Waals surface area contributed by atoms with Crippen molar-refractivity contribution in [2.24, 2.45) is 0 Å². The molecule has 122 valence electrons. The van der Waals surface area contributed by atoms with Crippen LogP contribution in [-0.2, 0) is 20.8 Å². The summed E-state index contributed by atoms with van der Waals surface area (Å²) < 4.78 is 16.6. The van der Waals surface area contributed by atoms with Crippen molar-refractivity contribution >= 4 is 5.97 Å². The van der Waals surface area contributed by atoms with Gasteiger partial charge in [-0.1, -0.05) is 0 Å². The molecule has 6 nitrogen and oxygen atoms in total. The lowest BCUT2D eigenvalue weighted by Crippen LogP contribution is -2.51. The molecule has 2 aliphatic rings. The highest BCUT2D eigenvalue weighted by Gasteiger charge is 2.51. The van der Waals surface area contributed by atoms with E-state index in [9.17, 15) is 4.79 Å². The molecule has 1 N–H and O–H groups in total. The van der Waals surface area contributed by atoms with Crippen molar-refractivity contribution in [2.45, 2.75) is 50.0 Å². The number of carboxylic acid groups (broad SMARTS) is 1. The molecule has 0 amide bonds. The van der Waals surface area contributed by atoms with Crippen LogP contribution in [0, 0.1) is 0 Å². The molecule has 3 atom stereocenters. The second kappa shape index (κ2) is 6.40. The third-order valence-electron chi connectivity index (χ3n) is 5.06. The Bertz CT molecular complexity index is 503. The van der Waals surface area contributed by atoms with Gasteiger partial charge in [0.25, 0.3) is 0 Å². The number of carbonyl (C=O) groups is 1. The van der Waals surface area contributed by atoms with Crippen molar-refractivity contribution in [3.05, 3.63) is 24.2 Å². The van der Waals surface area contributed by atoms with E-state index in [1.54, 1.807) is 19.6 Å². The first-order valence-electron chi connectivity index (χ1n) is 7.76. The van der Waals surface area contributed by atoms with Crippen LogP contribution < -0.4 is 0 Å². The van der Waals surface area contributed by atoms with Gasteiger partial charge in [-0.2, -0.15) is 0 Å². The van der Waals surface area contributed by atoms with E-state index in [1.807, 2.05) is 6.07 Å². The zero-order valence-electron chi connectivity index (χ0n) is 12.9. The standard InChI is InChI=1S/C16H23NO5/c1-20-16-4-2-13(22-11-15(18)19)8-14(16)17(6-5-16)9-12-3-7-21-10-12/h3,7,10,13-14H,2,4-6,8-9,11H2,1H3,(H,18,19)/t13-,14+,16-/m1/s1. The molecular weight excluding hydrogens is 286 g/mol. The fourth-order valence-electron chi connectivity index (χ4n) is 3.90. The average Bonchev–Trinajstić information content (AvgIpc) is 3.14. The van der Waals surface area contributed by atoms with Gasteiger partial charge < -0.3 is 19.0 Å². The summed E-state index contributed by atoms with van der Waals surface area (Å²) in [5, 5.41) is 8.78. The Kier molecular flexibility index (Phi) is 4.52. The van der Waals surface area contributed by atoms with Crippen molar-refractivity contribution in [1.29, 1.82) is 0 Å². The second-order valence-electron chi connectivity index (χ2n) is 6.24. The van der Waals surface area contributed by atoms with Crippen LogP contribution in [0.2, 0.25) is 0 Å². The van der Waals surface area contributed by atoms with E-state index in [0.717, 1.165) is 44.3 Å². The van der Waals surface area contributed by atoms with Crippen LogP contribution in [0.1, 0.15) is 31.2 Å². The normalized spacial score (nSPS) is 32.0. The highest BCUT2D eigenvalue weighted by atomic mass is 16.5. The van der Waals surface area contributed by atoms with Gasteiger partial charge in [0.2, 0.25) is 0 Å². The topological polar surface area (TPSA) is 72.1 Å². The van der Waals surface area contributed by atoms with Gasteiger partial charge in [-0.3, -0.25) is 4.90 Å². The maximum Gasteiger partial charge on any atom is 0.329 e. The molecule has 1 aliphatic heterocycles. The Morgan fingerprint density at radius 3 is 3.09 bits per heavy atom. The number of ether oxygens (including phenoxy) is 2. The fourth-order valence-corrected chi connectivity index (χ4v) is 3.90. The molecule has 0 spiro atoms. The number of hydrogen-bond donors (Lipinski definition) is 1. The third kappa shape index (κ3) is 3.04. The molecule has 1 saturated heterocycles. The molecule has 2 heterocycles. The largest absolute Gasteiger partial charge is 0.480 e. The first-order valence-corrected chi connectivity index (χ1v) is 7.76. The Labute approximate surface area is 130 Å². The molecule has 1 aromatic rings. The number of hydrogen-bond acceptors (Lipinski definition) is 5. The minimum atomic E-state index is -0.912. The van der Waals surface area contributed by atoms with Gasteiger partial charge in [0.05, 0.1) is 24.2 Å². The van der Waals surface area contributed by atoms with Crippen molar-refractivity contribution in [3.8, 4) is 0 Å². The van der Waals surface area contributed by atoms with Crippen molar-refractivity contribution < 1.29 is 23.8 Å². The van der Waals surface area contributed by atoms with Crippen molar-refractivity contribution in [2.75, 3.05) is 20.3 Å². The Hall–Kier alpha value is -1.37. The SMILES string of the molecule is CO[C@@]12CC[C@@H](OCC(=O)O)C[C@@H]1N(Cc1ccoc1)CC2. The number of fused-ring (bicyclic) bond motifs is 1. The molecule has 0 bridgehead atoms. The van der Waals surface area contributed by atoms with E-state index in [0.29, 0.717) is 0 Å². The van der Waals surface area contributed by atoms with E-state index >= 15 is 0 Å². The lowest BCUT2D eigenvalue weighted by Gasteiger charge is -2.43. The number of aliphatic carboxylic acids is 1. The maximum atomic E-state index is 10.7. The molecule has 2 fully saturated rings. The molecule has 3 rings (SSSR count). The predicted octanol–water partition coefficient (Wildman–Crippen LogP) is 1.89. The minimum Gasteiger partial charge on any atom is -0.480 e. The quantitative estimate of drug-likeness (QED) is 0.865. The number of rotatable bonds is 6. The summed E-state index contributed by atoms with van der Waals surface area (Å²) in [7, 11) is 1.78. The van der Waals surface area contributed by atoms with Crippen LogP contribution in [0.3, 0.4) is 0 Å². The molecule has 1 aliphatic carbocycles. The summed E-state index contributed by atoms with van der Waals surface area (Å²) in [5.74, 6) is -0.912. The summed E-state index contributed by atoms with van der Waals surface area (Å²) in [6.07, 6.45) is 7.06. The molecule has 6 heteroatoms. The van der Waals surface area contributed by atoms with Gasteiger partial charge in [-0.15, -0.1) is 0 Å². The maximum absolute atomic E-state index is 10.7. The van der Waals surface area contributed by atoms with Crippen molar-refractivity contribution in [1.82, 2.24) is 4.90 Å². The molecule has 0 aromatic carbocycles. The molecule has 22 heavy (non-hydrogen) atoms. The monoisotopic (exact) mass is 309 g/mol. The highest BCUT2D eigenvalue weighted by molar-refractivity contribution is 5.68. The minimum absolute atomic E-state index is 0.00525. The molecule has 1 aromatic heterocycles.